The van der Waals surface area contributed by atoms with Crippen molar-refractivity contribution in [2.24, 2.45) is 0 Å². The van der Waals surface area contributed by atoms with Crippen LogP contribution in [0.3, 0.4) is 0 Å². The standard InChI is InChI=1S/C33H37N5/c1-7-23-12-9-13-24(8-2)30(23)38-31(26-15-14-22(4)29-25(26)16-18-35-29)27-19-37(33(5,6)32(27)36-38)20-28-21(3)11-10-17-34-28/h9-18,35H,7-8,19-20H2,1-6H3. The van der Waals surface area contributed by atoms with Crippen LogP contribution in [0.4, 0.5) is 0 Å². The van der Waals surface area contributed by atoms with Gasteiger partial charge in [-0.3, -0.25) is 9.88 Å². The van der Waals surface area contributed by atoms with E-state index in [0.29, 0.717) is 0 Å². The molecule has 0 amide bonds. The number of hydrogen-bond acceptors (Lipinski definition) is 3. The summed E-state index contributed by atoms with van der Waals surface area (Å²) in [6.07, 6.45) is 5.89. The van der Waals surface area contributed by atoms with Crippen LogP contribution in [0.1, 0.15) is 66.9 Å². The summed E-state index contributed by atoms with van der Waals surface area (Å²) < 4.78 is 2.28. The highest BCUT2D eigenvalue weighted by molar-refractivity contribution is 5.97. The molecule has 0 unspecified atom stereocenters. The topological polar surface area (TPSA) is 49.7 Å². The molecule has 0 radical (unpaired) electrons. The van der Waals surface area contributed by atoms with E-state index in [0.717, 1.165) is 31.6 Å². The van der Waals surface area contributed by atoms with Crippen LogP contribution < -0.4 is 0 Å². The van der Waals surface area contributed by atoms with E-state index in [1.165, 1.54) is 61.4 Å². The normalized spacial score (nSPS) is 14.9. The predicted molar refractivity (Wildman–Crippen MR) is 156 cm³/mol. The van der Waals surface area contributed by atoms with E-state index >= 15 is 0 Å². The average molecular weight is 504 g/mol. The molecule has 38 heavy (non-hydrogen) atoms. The molecule has 0 saturated heterocycles. The Hall–Kier alpha value is -3.70. The van der Waals surface area contributed by atoms with E-state index < -0.39 is 0 Å². The van der Waals surface area contributed by atoms with Gasteiger partial charge in [-0.15, -0.1) is 0 Å². The summed E-state index contributed by atoms with van der Waals surface area (Å²) in [5.41, 5.74) is 13.4. The Bertz CT molecular complexity index is 1630. The number of rotatable bonds is 6. The molecule has 0 spiro atoms. The summed E-state index contributed by atoms with van der Waals surface area (Å²) in [6, 6.07) is 17.6. The maximum atomic E-state index is 5.48. The highest BCUT2D eigenvalue weighted by atomic mass is 15.3. The Kier molecular flexibility index (Phi) is 5.99. The minimum atomic E-state index is -0.227. The third-order valence-corrected chi connectivity index (χ3v) is 8.52. The van der Waals surface area contributed by atoms with Crippen LogP contribution in [-0.2, 0) is 31.5 Å². The lowest BCUT2D eigenvalue weighted by molar-refractivity contribution is 0.121. The van der Waals surface area contributed by atoms with E-state index in [1.807, 2.05) is 12.3 Å². The second-order valence-electron chi connectivity index (χ2n) is 11.1. The quantitative estimate of drug-likeness (QED) is 0.262. The Morgan fingerprint density at radius 2 is 1.68 bits per heavy atom. The van der Waals surface area contributed by atoms with Crippen LogP contribution in [0.2, 0.25) is 0 Å². The maximum absolute atomic E-state index is 5.48. The van der Waals surface area contributed by atoms with Gasteiger partial charge in [0.1, 0.15) is 0 Å². The lowest BCUT2D eigenvalue weighted by atomic mass is 9.96. The summed E-state index contributed by atoms with van der Waals surface area (Å²) in [4.78, 5) is 10.7. The highest BCUT2D eigenvalue weighted by Crippen LogP contribution is 2.46. The van der Waals surface area contributed by atoms with Gasteiger partial charge in [-0.05, 0) is 74.9 Å². The van der Waals surface area contributed by atoms with Gasteiger partial charge in [0, 0.05) is 47.5 Å². The summed E-state index contributed by atoms with van der Waals surface area (Å²) in [5, 5.41) is 6.73. The fourth-order valence-corrected chi connectivity index (χ4v) is 6.18. The van der Waals surface area contributed by atoms with Crippen molar-refractivity contribution < 1.29 is 0 Å². The second kappa shape index (κ2) is 9.25. The number of fused-ring (bicyclic) bond motifs is 2. The number of nitrogens with zero attached hydrogens (tertiary/aromatic N) is 4. The van der Waals surface area contributed by atoms with Crippen LogP contribution in [0.25, 0.3) is 27.8 Å². The number of hydrogen-bond donors (Lipinski definition) is 1. The number of aryl methyl sites for hydroxylation is 4. The van der Waals surface area contributed by atoms with Crippen molar-refractivity contribution in [3.8, 4) is 16.9 Å². The van der Waals surface area contributed by atoms with E-state index in [9.17, 15) is 0 Å². The number of pyridine rings is 1. The van der Waals surface area contributed by atoms with Gasteiger partial charge in [0.15, 0.2) is 0 Å². The van der Waals surface area contributed by atoms with Crippen molar-refractivity contribution in [3.63, 3.8) is 0 Å². The minimum absolute atomic E-state index is 0.227. The maximum Gasteiger partial charge on any atom is 0.0878 e. The minimum Gasteiger partial charge on any atom is -0.361 e. The monoisotopic (exact) mass is 503 g/mol. The van der Waals surface area contributed by atoms with E-state index in [1.54, 1.807) is 0 Å². The molecule has 0 fully saturated rings. The smallest absolute Gasteiger partial charge is 0.0878 e. The van der Waals surface area contributed by atoms with Crippen molar-refractivity contribution in [3.05, 3.63) is 100 Å². The fraction of sp³-hybridized carbons (Fsp3) is 0.333. The molecule has 0 atom stereocenters. The first kappa shape index (κ1) is 24.6. The number of aromatic nitrogens is 4. The Labute approximate surface area is 225 Å². The molecule has 1 aliphatic rings. The van der Waals surface area contributed by atoms with Crippen LogP contribution in [0, 0.1) is 13.8 Å². The van der Waals surface area contributed by atoms with Crippen molar-refractivity contribution in [2.45, 2.75) is 73.0 Å². The van der Waals surface area contributed by atoms with E-state index in [-0.39, 0.29) is 5.54 Å². The second-order valence-corrected chi connectivity index (χ2v) is 11.1. The fourth-order valence-electron chi connectivity index (χ4n) is 6.18. The number of nitrogens with one attached hydrogen (secondary N) is 1. The van der Waals surface area contributed by atoms with Gasteiger partial charge in [-0.2, -0.15) is 5.10 Å². The summed E-state index contributed by atoms with van der Waals surface area (Å²) in [7, 11) is 0. The first-order valence-corrected chi connectivity index (χ1v) is 13.8. The largest absolute Gasteiger partial charge is 0.361 e. The lowest BCUT2D eigenvalue weighted by Gasteiger charge is -2.32. The molecule has 5 nitrogen and oxygen atoms in total. The number of aromatic amines is 1. The Morgan fingerprint density at radius 1 is 0.921 bits per heavy atom. The third-order valence-electron chi connectivity index (χ3n) is 8.52. The molecule has 4 heterocycles. The molecule has 194 valence electrons. The zero-order valence-electron chi connectivity index (χ0n) is 23.4. The van der Waals surface area contributed by atoms with Crippen molar-refractivity contribution >= 4 is 10.9 Å². The molecule has 6 rings (SSSR count). The van der Waals surface area contributed by atoms with Gasteiger partial charge in [0.25, 0.3) is 0 Å². The molecular formula is C33H37N5. The van der Waals surface area contributed by atoms with E-state index in [4.69, 9.17) is 10.1 Å². The third kappa shape index (κ3) is 3.71. The van der Waals surface area contributed by atoms with Gasteiger partial charge in [0.2, 0.25) is 0 Å². The molecule has 0 saturated carbocycles. The molecule has 2 aromatic carbocycles. The summed E-state index contributed by atoms with van der Waals surface area (Å²) in [5.74, 6) is 0. The molecule has 0 aliphatic carbocycles. The number of benzene rings is 2. The zero-order valence-corrected chi connectivity index (χ0v) is 23.4. The predicted octanol–water partition coefficient (Wildman–Crippen LogP) is 7.41. The highest BCUT2D eigenvalue weighted by Gasteiger charge is 2.43. The molecule has 5 aromatic rings. The van der Waals surface area contributed by atoms with Crippen LogP contribution in [0.5, 0.6) is 0 Å². The Morgan fingerprint density at radius 3 is 2.39 bits per heavy atom. The molecule has 3 aromatic heterocycles. The first-order valence-electron chi connectivity index (χ1n) is 13.8. The number of para-hydroxylation sites is 1. The van der Waals surface area contributed by atoms with Crippen LogP contribution in [0.15, 0.2) is 60.9 Å². The van der Waals surface area contributed by atoms with Gasteiger partial charge < -0.3 is 4.98 Å². The van der Waals surface area contributed by atoms with E-state index in [2.05, 4.69) is 105 Å². The molecule has 1 N–H and O–H groups in total. The molecule has 1 aliphatic heterocycles. The number of H-pyrrole nitrogens is 1. The van der Waals surface area contributed by atoms with Crippen LogP contribution >= 0.6 is 0 Å². The van der Waals surface area contributed by atoms with Crippen molar-refractivity contribution in [2.75, 3.05) is 0 Å². The SMILES string of the molecule is CCc1cccc(CC)c1-n1nc2c(c1-c1ccc(C)c3[nH]ccc13)CN(Cc1ncccc1C)C2(C)C. The van der Waals surface area contributed by atoms with Gasteiger partial charge in [0.05, 0.1) is 28.3 Å². The zero-order chi connectivity index (χ0) is 26.6. The molecular weight excluding hydrogens is 466 g/mol. The summed E-state index contributed by atoms with van der Waals surface area (Å²) in [6.45, 7) is 15.1. The lowest BCUT2D eigenvalue weighted by Crippen LogP contribution is -2.36. The molecule has 5 heteroatoms. The first-order chi connectivity index (χ1) is 18.3. The van der Waals surface area contributed by atoms with Crippen molar-refractivity contribution in [1.29, 1.82) is 0 Å². The Balaban J connectivity index is 1.60. The van der Waals surface area contributed by atoms with Crippen LogP contribution in [-0.4, -0.2) is 24.6 Å². The van der Waals surface area contributed by atoms with Gasteiger partial charge >= 0.3 is 0 Å². The van der Waals surface area contributed by atoms with Crippen molar-refractivity contribution in [1.82, 2.24) is 24.6 Å². The van der Waals surface area contributed by atoms with Gasteiger partial charge in [-0.25, -0.2) is 4.68 Å². The summed E-state index contributed by atoms with van der Waals surface area (Å²) >= 11 is 0. The van der Waals surface area contributed by atoms with Gasteiger partial charge in [-0.1, -0.05) is 50.2 Å². The average Bonchev–Trinajstić information content (AvgIpc) is 3.61. The molecule has 0 bridgehead atoms.